The average molecular weight is 678 g/mol. The summed E-state index contributed by atoms with van der Waals surface area (Å²) in [5, 5.41) is 18.8. The number of amides is 1. The van der Waals surface area contributed by atoms with E-state index in [0.717, 1.165) is 99.8 Å². The fourth-order valence-corrected chi connectivity index (χ4v) is 9.36. The molecule has 48 heavy (non-hydrogen) atoms. The molecule has 1 aliphatic heterocycles. The van der Waals surface area contributed by atoms with Crippen LogP contribution in [0.2, 0.25) is 0 Å². The number of likely N-dealkylation sites (tertiary alicyclic amines) is 1. The highest BCUT2D eigenvalue weighted by atomic mass is 32.1. The summed E-state index contributed by atoms with van der Waals surface area (Å²) in [4.78, 5) is 24.0. The summed E-state index contributed by atoms with van der Waals surface area (Å²) in [6.45, 7) is 7.51. The lowest BCUT2D eigenvalue weighted by atomic mass is 9.57. The maximum absolute atomic E-state index is 13.0. The number of anilines is 1. The van der Waals surface area contributed by atoms with E-state index < -0.39 is 12.6 Å². The Morgan fingerprint density at radius 2 is 1.81 bits per heavy atom. The fourth-order valence-electron chi connectivity index (χ4n) is 8.34. The lowest BCUT2D eigenvalue weighted by molar-refractivity contribution is -0.127. The third-order valence-electron chi connectivity index (χ3n) is 11.3. The summed E-state index contributed by atoms with van der Waals surface area (Å²) >= 11 is 1.07. The van der Waals surface area contributed by atoms with Crippen molar-refractivity contribution in [3.63, 3.8) is 0 Å². The zero-order chi connectivity index (χ0) is 33.7. The number of halogens is 3. The number of nitrogens with one attached hydrogen (secondary N) is 2. The van der Waals surface area contributed by atoms with E-state index in [1.54, 1.807) is 6.07 Å². The van der Waals surface area contributed by atoms with Crippen molar-refractivity contribution in [1.82, 2.24) is 24.8 Å². The lowest BCUT2D eigenvalue weighted by Gasteiger charge is -2.54. The molecule has 0 spiro atoms. The number of piperidine rings is 1. The Bertz CT molecular complexity index is 1860. The van der Waals surface area contributed by atoms with Gasteiger partial charge in [0.05, 0.1) is 11.8 Å². The van der Waals surface area contributed by atoms with Crippen LogP contribution in [0.3, 0.4) is 0 Å². The zero-order valence-electron chi connectivity index (χ0n) is 27.6. The average Bonchev–Trinajstić information content (AvgIpc) is 3.64. The van der Waals surface area contributed by atoms with E-state index in [2.05, 4.69) is 61.3 Å². The molecule has 12 heteroatoms. The molecular weight excluding hydrogens is 636 g/mol. The molecule has 3 aromatic heterocycles. The van der Waals surface area contributed by atoms with Crippen LogP contribution in [-0.4, -0.2) is 56.2 Å². The maximum atomic E-state index is 13.0. The monoisotopic (exact) mass is 677 g/mol. The molecule has 2 N–H and O–H groups in total. The molecule has 8 nitrogen and oxygen atoms in total. The second-order valence-electron chi connectivity index (χ2n) is 14.3. The molecule has 3 saturated carbocycles. The van der Waals surface area contributed by atoms with E-state index in [-0.39, 0.29) is 27.8 Å². The Morgan fingerprint density at radius 1 is 1.08 bits per heavy atom. The molecule has 1 saturated heterocycles. The molecule has 4 aromatic rings. The Hall–Kier alpha value is -3.69. The first kappa shape index (κ1) is 32.8. The summed E-state index contributed by atoms with van der Waals surface area (Å²) in [6, 6.07) is 10.7. The highest BCUT2D eigenvalue weighted by molar-refractivity contribution is 7.18. The molecule has 1 amide bonds. The number of thiophene rings is 1. The molecule has 1 aromatic carbocycles. The molecule has 0 radical (unpaired) electrons. The molecule has 3 aliphatic carbocycles. The predicted molar refractivity (Wildman–Crippen MR) is 182 cm³/mol. The van der Waals surface area contributed by atoms with Gasteiger partial charge in [-0.05, 0) is 93.0 Å². The zero-order valence-corrected chi connectivity index (χ0v) is 28.4. The second-order valence-corrected chi connectivity index (χ2v) is 15.4. The summed E-state index contributed by atoms with van der Waals surface area (Å²) < 4.78 is 41.1. The summed E-state index contributed by atoms with van der Waals surface area (Å²) in [6.07, 6.45) is 4.75. The van der Waals surface area contributed by atoms with Gasteiger partial charge in [-0.1, -0.05) is 13.0 Å². The lowest BCUT2D eigenvalue weighted by Crippen LogP contribution is -2.57. The van der Waals surface area contributed by atoms with Crippen LogP contribution in [0.4, 0.5) is 19.0 Å². The van der Waals surface area contributed by atoms with Gasteiger partial charge in [0.2, 0.25) is 5.91 Å². The van der Waals surface area contributed by atoms with Crippen LogP contribution in [0, 0.1) is 23.7 Å². The highest BCUT2D eigenvalue weighted by Crippen LogP contribution is 2.53. The topological polar surface area (TPSA) is 98.9 Å². The summed E-state index contributed by atoms with van der Waals surface area (Å²) in [7, 11) is 0. The van der Waals surface area contributed by atoms with Gasteiger partial charge >= 0.3 is 6.18 Å². The van der Waals surface area contributed by atoms with E-state index in [1.807, 2.05) is 6.92 Å². The molecule has 4 aliphatic rings. The smallest absolute Gasteiger partial charge is 0.367 e. The van der Waals surface area contributed by atoms with Crippen LogP contribution < -0.4 is 10.6 Å². The van der Waals surface area contributed by atoms with Gasteiger partial charge < -0.3 is 15.2 Å². The number of alkyl halides is 3. The second kappa shape index (κ2) is 12.6. The minimum Gasteiger partial charge on any atom is -0.367 e. The molecule has 4 heterocycles. The number of carbonyl (C=O) groups is 1. The van der Waals surface area contributed by atoms with Gasteiger partial charge in [0, 0.05) is 60.0 Å². The molecule has 8 rings (SSSR count). The molecular formula is C36H42F3N7OS. The van der Waals surface area contributed by atoms with E-state index in [9.17, 15) is 23.2 Å². The van der Waals surface area contributed by atoms with E-state index >= 15 is 0 Å². The summed E-state index contributed by atoms with van der Waals surface area (Å²) in [5.74, 6) is 0.747. The third-order valence-corrected chi connectivity index (χ3v) is 12.3. The molecule has 2 bridgehead atoms. The van der Waals surface area contributed by atoms with Crippen LogP contribution in [0.1, 0.15) is 86.4 Å². The number of carbonyl (C=O) groups excluding carboxylic acids is 1. The van der Waals surface area contributed by atoms with E-state index in [4.69, 9.17) is 0 Å². The number of rotatable bonds is 9. The van der Waals surface area contributed by atoms with E-state index in [1.165, 1.54) is 17.5 Å². The van der Waals surface area contributed by atoms with Crippen LogP contribution in [0.5, 0.6) is 0 Å². The number of nitriles is 1. The van der Waals surface area contributed by atoms with Crippen LogP contribution in [-0.2, 0) is 24.3 Å². The maximum Gasteiger partial charge on any atom is 0.393 e. The van der Waals surface area contributed by atoms with Gasteiger partial charge in [-0.25, -0.2) is 9.97 Å². The van der Waals surface area contributed by atoms with Gasteiger partial charge in [-0.15, -0.1) is 11.3 Å². The molecule has 0 atom stereocenters. The largest absolute Gasteiger partial charge is 0.393 e. The first-order chi connectivity index (χ1) is 23.0. The highest BCUT2D eigenvalue weighted by Gasteiger charge is 2.49. The van der Waals surface area contributed by atoms with Gasteiger partial charge in [-0.3, -0.25) is 9.69 Å². The van der Waals surface area contributed by atoms with Gasteiger partial charge in [0.15, 0.2) is 0 Å². The standard InChI is InChI=1S/C36H42F3N7OS/c1-3-31(47)44-35-11-8-34(9-12-35,10-13-35)21-46-26(19-40)16-28-23(2)24(4-5-30(28)46)20-45-14-6-25(7-15-45)43-32-29-17-27(18-36(37,38)39)48-33(29)42-22-41-32/h4-5,16-17,22,25H,3,6-15,18,20-21H2,1-2H3,(H,44,47)(H,41,42,43). The van der Waals surface area contributed by atoms with Crippen molar-refractivity contribution in [2.75, 3.05) is 18.4 Å². The minimum atomic E-state index is -4.26. The Morgan fingerprint density at radius 3 is 2.48 bits per heavy atom. The number of aromatic nitrogens is 3. The molecule has 0 unspecified atom stereocenters. The number of nitrogens with zero attached hydrogens (tertiary/aromatic N) is 5. The first-order valence-corrected chi connectivity index (χ1v) is 17.9. The Balaban J connectivity index is 0.999. The molecule has 4 fully saturated rings. The van der Waals surface area contributed by atoms with Crippen molar-refractivity contribution >= 4 is 44.2 Å². The van der Waals surface area contributed by atoms with Gasteiger partial charge in [-0.2, -0.15) is 18.4 Å². The van der Waals surface area contributed by atoms with Crippen molar-refractivity contribution in [3.8, 4) is 6.07 Å². The molecule has 254 valence electrons. The predicted octanol–water partition coefficient (Wildman–Crippen LogP) is 7.63. The Labute approximate surface area is 282 Å². The summed E-state index contributed by atoms with van der Waals surface area (Å²) in [5.41, 5.74) is 4.42. The van der Waals surface area contributed by atoms with Crippen LogP contribution >= 0.6 is 11.3 Å². The number of aryl methyl sites for hydroxylation is 1. The number of fused-ring (bicyclic) bond motifs is 5. The van der Waals surface area contributed by atoms with Crippen molar-refractivity contribution < 1.29 is 18.0 Å². The van der Waals surface area contributed by atoms with Crippen molar-refractivity contribution in [1.29, 1.82) is 5.26 Å². The minimum absolute atomic E-state index is 0.0439. The van der Waals surface area contributed by atoms with Crippen LogP contribution in [0.25, 0.3) is 21.1 Å². The Kier molecular flexibility index (Phi) is 8.65. The van der Waals surface area contributed by atoms with E-state index in [0.29, 0.717) is 28.1 Å². The quantitative estimate of drug-likeness (QED) is 0.189. The first-order valence-electron chi connectivity index (χ1n) is 17.1. The van der Waals surface area contributed by atoms with Crippen molar-refractivity contribution in [2.45, 2.75) is 109 Å². The number of hydrogen-bond acceptors (Lipinski definition) is 7. The van der Waals surface area contributed by atoms with Gasteiger partial charge in [0.25, 0.3) is 0 Å². The van der Waals surface area contributed by atoms with Crippen molar-refractivity contribution in [2.24, 2.45) is 5.41 Å². The van der Waals surface area contributed by atoms with Crippen molar-refractivity contribution in [3.05, 3.63) is 52.3 Å². The normalized spacial score (nSPS) is 23.5. The number of benzene rings is 1. The SMILES string of the molecule is CCC(=O)NC12CCC(Cn3c(C#N)cc4c(C)c(CN5CCC(Nc6ncnc7sc(CC(F)(F)F)cc67)CC5)ccc43)(CC1)CC2. The fraction of sp³-hybridized carbons (Fsp3) is 0.556. The van der Waals surface area contributed by atoms with Gasteiger partial charge in [0.1, 0.15) is 28.7 Å². The van der Waals surface area contributed by atoms with Crippen LogP contribution in [0.15, 0.2) is 30.6 Å². The third kappa shape index (κ3) is 6.51. The number of hydrogen-bond donors (Lipinski definition) is 2.